The third kappa shape index (κ3) is 3.26. The molecule has 0 saturated carbocycles. The number of carbonyl (C=O) groups is 2. The van der Waals surface area contributed by atoms with E-state index in [1.807, 2.05) is 39.8 Å². The summed E-state index contributed by atoms with van der Waals surface area (Å²) in [4.78, 5) is 23.3. The highest BCUT2D eigenvalue weighted by Gasteiger charge is 2.20. The van der Waals surface area contributed by atoms with Crippen molar-refractivity contribution >= 4 is 11.6 Å². The molecule has 0 aliphatic heterocycles. The van der Waals surface area contributed by atoms with Crippen LogP contribution in [0, 0.1) is 26.7 Å². The molecule has 0 amide bonds. The maximum Gasteiger partial charge on any atom is 0.166 e. The summed E-state index contributed by atoms with van der Waals surface area (Å²) < 4.78 is 0. The molecule has 2 nitrogen and oxygen atoms in total. The maximum absolute atomic E-state index is 12.3. The van der Waals surface area contributed by atoms with Crippen LogP contribution in [0.5, 0.6) is 0 Å². The zero-order valence-corrected chi connectivity index (χ0v) is 11.3. The highest BCUT2D eigenvalue weighted by Crippen LogP contribution is 2.21. The second-order valence-electron chi connectivity index (χ2n) is 4.95. The van der Waals surface area contributed by atoms with E-state index in [0.717, 1.165) is 22.3 Å². The van der Waals surface area contributed by atoms with E-state index in [9.17, 15) is 9.59 Å². The highest BCUT2D eigenvalue weighted by molar-refractivity contribution is 6.01. The first kappa shape index (κ1) is 13.6. The van der Waals surface area contributed by atoms with Gasteiger partial charge in [-0.2, -0.15) is 0 Å². The van der Waals surface area contributed by atoms with Crippen molar-refractivity contribution in [1.82, 2.24) is 0 Å². The Balaban J connectivity index is 3.08. The molecule has 0 aliphatic carbocycles. The molecule has 0 bridgehead atoms. The van der Waals surface area contributed by atoms with Crippen molar-refractivity contribution in [1.29, 1.82) is 0 Å². The van der Waals surface area contributed by atoms with Gasteiger partial charge in [-0.05, 0) is 38.8 Å². The van der Waals surface area contributed by atoms with Crippen LogP contribution in [0.25, 0.3) is 0 Å². The quantitative estimate of drug-likeness (QED) is 0.745. The molecule has 1 unspecified atom stereocenters. The fourth-order valence-corrected chi connectivity index (χ4v) is 2.34. The SMILES string of the molecule is CC(=O)CC(C)C(=O)c1c(C)cc(C)cc1C. The second kappa shape index (κ2) is 5.26. The Morgan fingerprint density at radius 1 is 1.12 bits per heavy atom. The summed E-state index contributed by atoms with van der Waals surface area (Å²) in [5.41, 5.74) is 3.95. The molecule has 17 heavy (non-hydrogen) atoms. The predicted molar refractivity (Wildman–Crippen MR) is 69.4 cm³/mol. The van der Waals surface area contributed by atoms with E-state index in [-0.39, 0.29) is 17.5 Å². The summed E-state index contributed by atoms with van der Waals surface area (Å²) >= 11 is 0. The monoisotopic (exact) mass is 232 g/mol. The molecule has 0 spiro atoms. The average molecular weight is 232 g/mol. The molecule has 0 saturated heterocycles. The van der Waals surface area contributed by atoms with Crippen LogP contribution < -0.4 is 0 Å². The Morgan fingerprint density at radius 2 is 1.59 bits per heavy atom. The molecule has 0 fully saturated rings. The minimum absolute atomic E-state index is 0.0632. The normalized spacial score (nSPS) is 12.3. The fourth-order valence-electron chi connectivity index (χ4n) is 2.34. The number of ketones is 2. The van der Waals surface area contributed by atoms with Crippen molar-refractivity contribution in [2.75, 3.05) is 0 Å². The lowest BCUT2D eigenvalue weighted by atomic mass is 9.89. The Bertz CT molecular complexity index is 435. The minimum Gasteiger partial charge on any atom is -0.300 e. The summed E-state index contributed by atoms with van der Waals surface area (Å²) in [6.07, 6.45) is 0.325. The van der Waals surface area contributed by atoms with E-state index in [0.29, 0.717) is 6.42 Å². The molecule has 0 aromatic heterocycles. The van der Waals surface area contributed by atoms with Crippen molar-refractivity contribution in [2.45, 2.75) is 41.0 Å². The zero-order valence-electron chi connectivity index (χ0n) is 11.3. The first-order valence-electron chi connectivity index (χ1n) is 5.94. The lowest BCUT2D eigenvalue weighted by Gasteiger charge is -2.14. The molecule has 1 aromatic rings. The van der Waals surface area contributed by atoms with E-state index in [1.54, 1.807) is 0 Å². The van der Waals surface area contributed by atoms with Gasteiger partial charge in [0, 0.05) is 17.9 Å². The van der Waals surface area contributed by atoms with Crippen LogP contribution in [0.3, 0.4) is 0 Å². The van der Waals surface area contributed by atoms with Crippen LogP contribution in [0.15, 0.2) is 12.1 Å². The topological polar surface area (TPSA) is 34.1 Å². The summed E-state index contributed by atoms with van der Waals surface area (Å²) in [5.74, 6) is -0.0870. The Kier molecular flexibility index (Phi) is 4.22. The first-order valence-corrected chi connectivity index (χ1v) is 5.94. The van der Waals surface area contributed by atoms with Crippen LogP contribution in [-0.2, 0) is 4.79 Å². The van der Waals surface area contributed by atoms with Gasteiger partial charge in [0.05, 0.1) is 0 Å². The van der Waals surface area contributed by atoms with Gasteiger partial charge in [-0.25, -0.2) is 0 Å². The Labute approximate surface area is 103 Å². The average Bonchev–Trinajstić information content (AvgIpc) is 2.14. The van der Waals surface area contributed by atoms with Crippen molar-refractivity contribution < 1.29 is 9.59 Å². The number of Topliss-reactive ketones (excluding diaryl/α,β-unsaturated/α-hetero) is 2. The van der Waals surface area contributed by atoms with E-state index in [1.165, 1.54) is 6.92 Å². The number of rotatable bonds is 4. The summed E-state index contributed by atoms with van der Waals surface area (Å²) in [7, 11) is 0. The van der Waals surface area contributed by atoms with Crippen LogP contribution in [0.2, 0.25) is 0 Å². The molecule has 1 aromatic carbocycles. The Morgan fingerprint density at radius 3 is 2.00 bits per heavy atom. The third-order valence-electron chi connectivity index (χ3n) is 2.96. The van der Waals surface area contributed by atoms with Crippen molar-refractivity contribution in [3.05, 3.63) is 34.4 Å². The predicted octanol–water partition coefficient (Wildman–Crippen LogP) is 3.41. The summed E-state index contributed by atoms with van der Waals surface area (Å²) in [6.45, 7) is 9.27. The largest absolute Gasteiger partial charge is 0.300 e. The van der Waals surface area contributed by atoms with Gasteiger partial charge in [0.15, 0.2) is 5.78 Å². The van der Waals surface area contributed by atoms with Crippen LogP contribution in [-0.4, -0.2) is 11.6 Å². The van der Waals surface area contributed by atoms with Gasteiger partial charge in [0.1, 0.15) is 5.78 Å². The fraction of sp³-hybridized carbons (Fsp3) is 0.467. The summed E-state index contributed by atoms with van der Waals surface area (Å²) in [6, 6.07) is 4.03. The van der Waals surface area contributed by atoms with Gasteiger partial charge >= 0.3 is 0 Å². The van der Waals surface area contributed by atoms with E-state index >= 15 is 0 Å². The molecule has 0 N–H and O–H groups in total. The molecular formula is C15H20O2. The number of hydrogen-bond donors (Lipinski definition) is 0. The van der Waals surface area contributed by atoms with Gasteiger partial charge in [-0.15, -0.1) is 0 Å². The molecule has 92 valence electrons. The standard InChI is InChI=1S/C15H20O2/c1-9-6-10(2)14(11(3)7-9)15(17)12(4)8-13(5)16/h6-7,12H,8H2,1-5H3. The summed E-state index contributed by atoms with van der Waals surface area (Å²) in [5, 5.41) is 0. The van der Waals surface area contributed by atoms with Gasteiger partial charge in [0.2, 0.25) is 0 Å². The van der Waals surface area contributed by atoms with Crippen molar-refractivity contribution in [2.24, 2.45) is 5.92 Å². The lowest BCUT2D eigenvalue weighted by Crippen LogP contribution is -2.17. The van der Waals surface area contributed by atoms with Crippen LogP contribution in [0.1, 0.15) is 47.3 Å². The molecule has 2 heteroatoms. The number of aryl methyl sites for hydroxylation is 3. The third-order valence-corrected chi connectivity index (χ3v) is 2.96. The lowest BCUT2D eigenvalue weighted by molar-refractivity contribution is -0.117. The van der Waals surface area contributed by atoms with Gasteiger partial charge in [-0.1, -0.05) is 24.6 Å². The van der Waals surface area contributed by atoms with Crippen LogP contribution >= 0.6 is 0 Å². The van der Waals surface area contributed by atoms with Crippen molar-refractivity contribution in [3.63, 3.8) is 0 Å². The number of hydrogen-bond acceptors (Lipinski definition) is 2. The van der Waals surface area contributed by atoms with Gasteiger partial charge < -0.3 is 4.79 Å². The van der Waals surface area contributed by atoms with Gasteiger partial charge in [-0.3, -0.25) is 4.79 Å². The zero-order chi connectivity index (χ0) is 13.2. The van der Waals surface area contributed by atoms with E-state index < -0.39 is 0 Å². The smallest absolute Gasteiger partial charge is 0.166 e. The maximum atomic E-state index is 12.3. The minimum atomic E-state index is -0.229. The van der Waals surface area contributed by atoms with Crippen LogP contribution in [0.4, 0.5) is 0 Å². The highest BCUT2D eigenvalue weighted by atomic mass is 16.1. The molecule has 0 heterocycles. The van der Waals surface area contributed by atoms with Crippen molar-refractivity contribution in [3.8, 4) is 0 Å². The molecular weight excluding hydrogens is 212 g/mol. The molecule has 1 rings (SSSR count). The Hall–Kier alpha value is -1.44. The number of benzene rings is 1. The van der Waals surface area contributed by atoms with Gasteiger partial charge in [0.25, 0.3) is 0 Å². The second-order valence-corrected chi connectivity index (χ2v) is 4.95. The van der Waals surface area contributed by atoms with E-state index in [4.69, 9.17) is 0 Å². The molecule has 0 radical (unpaired) electrons. The molecule has 1 atom stereocenters. The number of carbonyl (C=O) groups excluding carboxylic acids is 2. The first-order chi connectivity index (χ1) is 7.82. The van der Waals surface area contributed by atoms with E-state index in [2.05, 4.69) is 0 Å². The molecule has 0 aliphatic rings.